The normalized spacial score (nSPS) is 25.7. The van der Waals surface area contributed by atoms with E-state index in [1.807, 2.05) is 9.80 Å². The molecule has 0 radical (unpaired) electrons. The third-order valence-electron chi connectivity index (χ3n) is 4.55. The standard InChI is InChI=1S/C15H27N3O4/c1-12(19)16-6-8-17(9-7-16)15(20)18-13(10-21-2)4-5-14(18)11-22-3/h13-14H,4-11H2,1-3H3/t13-,14-/m0/s1. The predicted molar refractivity (Wildman–Crippen MR) is 81.6 cm³/mol. The Kier molecular flexibility index (Phi) is 6.02. The molecule has 0 spiro atoms. The molecule has 7 heteroatoms. The van der Waals surface area contributed by atoms with E-state index in [-0.39, 0.29) is 24.0 Å². The zero-order chi connectivity index (χ0) is 16.1. The van der Waals surface area contributed by atoms with Crippen molar-refractivity contribution in [3.8, 4) is 0 Å². The van der Waals surface area contributed by atoms with Crippen LogP contribution < -0.4 is 0 Å². The third-order valence-corrected chi connectivity index (χ3v) is 4.55. The Bertz CT molecular complexity index is 382. The third kappa shape index (κ3) is 3.70. The lowest BCUT2D eigenvalue weighted by Crippen LogP contribution is -2.57. The maximum atomic E-state index is 12.9. The Hall–Kier alpha value is -1.34. The van der Waals surface area contributed by atoms with Crippen LogP contribution in [0.25, 0.3) is 0 Å². The Morgan fingerprint density at radius 2 is 1.36 bits per heavy atom. The number of urea groups is 1. The van der Waals surface area contributed by atoms with Crippen LogP contribution in [0.5, 0.6) is 0 Å². The molecule has 0 aromatic rings. The summed E-state index contributed by atoms with van der Waals surface area (Å²) in [5.74, 6) is 0.0720. The van der Waals surface area contributed by atoms with Crippen LogP contribution in [0.15, 0.2) is 0 Å². The molecule has 22 heavy (non-hydrogen) atoms. The number of amides is 3. The second kappa shape index (κ2) is 7.78. The van der Waals surface area contributed by atoms with Gasteiger partial charge in [-0.15, -0.1) is 0 Å². The predicted octanol–water partition coefficient (Wildman–Crippen LogP) is 0.396. The molecule has 126 valence electrons. The first-order chi connectivity index (χ1) is 10.6. The van der Waals surface area contributed by atoms with Gasteiger partial charge in [0.2, 0.25) is 5.91 Å². The number of carbonyl (C=O) groups is 2. The maximum Gasteiger partial charge on any atom is 0.320 e. The number of hydrogen-bond donors (Lipinski definition) is 0. The number of rotatable bonds is 4. The second-order valence-electron chi connectivity index (χ2n) is 5.98. The van der Waals surface area contributed by atoms with Crippen molar-refractivity contribution in [3.05, 3.63) is 0 Å². The molecule has 2 heterocycles. The number of nitrogens with zero attached hydrogens (tertiary/aromatic N) is 3. The van der Waals surface area contributed by atoms with E-state index in [9.17, 15) is 9.59 Å². The van der Waals surface area contributed by atoms with Crippen LogP contribution in [0.1, 0.15) is 19.8 Å². The van der Waals surface area contributed by atoms with E-state index in [4.69, 9.17) is 9.47 Å². The summed E-state index contributed by atoms with van der Waals surface area (Å²) in [5.41, 5.74) is 0. The summed E-state index contributed by atoms with van der Waals surface area (Å²) in [5, 5.41) is 0. The highest BCUT2D eigenvalue weighted by Crippen LogP contribution is 2.26. The van der Waals surface area contributed by atoms with Crippen molar-refractivity contribution in [2.75, 3.05) is 53.6 Å². The number of carbonyl (C=O) groups excluding carboxylic acids is 2. The highest BCUT2D eigenvalue weighted by molar-refractivity contribution is 5.77. The fraction of sp³-hybridized carbons (Fsp3) is 0.867. The summed E-state index contributed by atoms with van der Waals surface area (Å²) in [7, 11) is 3.33. The zero-order valence-corrected chi connectivity index (χ0v) is 13.8. The van der Waals surface area contributed by atoms with E-state index in [2.05, 4.69) is 0 Å². The molecule has 2 atom stereocenters. The van der Waals surface area contributed by atoms with Gasteiger partial charge in [0.25, 0.3) is 0 Å². The molecular formula is C15H27N3O4. The van der Waals surface area contributed by atoms with Crippen molar-refractivity contribution in [2.24, 2.45) is 0 Å². The lowest BCUT2D eigenvalue weighted by atomic mass is 10.2. The van der Waals surface area contributed by atoms with Gasteiger partial charge in [-0.05, 0) is 12.8 Å². The average Bonchev–Trinajstić information content (AvgIpc) is 2.90. The van der Waals surface area contributed by atoms with Crippen molar-refractivity contribution < 1.29 is 19.1 Å². The van der Waals surface area contributed by atoms with E-state index in [0.717, 1.165) is 12.8 Å². The molecule has 0 aromatic heterocycles. The molecule has 0 aromatic carbocycles. The Labute approximate surface area is 132 Å². The van der Waals surface area contributed by atoms with E-state index in [1.165, 1.54) is 0 Å². The first-order valence-electron chi connectivity index (χ1n) is 7.89. The topological polar surface area (TPSA) is 62.3 Å². The van der Waals surface area contributed by atoms with Crippen LogP contribution in [0.2, 0.25) is 0 Å². The van der Waals surface area contributed by atoms with Gasteiger partial charge in [-0.1, -0.05) is 0 Å². The van der Waals surface area contributed by atoms with Crippen LogP contribution in [-0.4, -0.2) is 92.3 Å². The van der Waals surface area contributed by atoms with E-state index in [1.54, 1.807) is 26.0 Å². The van der Waals surface area contributed by atoms with Gasteiger partial charge in [0.05, 0.1) is 25.3 Å². The highest BCUT2D eigenvalue weighted by Gasteiger charge is 2.39. The monoisotopic (exact) mass is 313 g/mol. The molecule has 2 aliphatic heterocycles. The van der Waals surface area contributed by atoms with Crippen LogP contribution >= 0.6 is 0 Å². The first kappa shape index (κ1) is 17.0. The van der Waals surface area contributed by atoms with Gasteiger partial charge in [0, 0.05) is 47.3 Å². The summed E-state index contributed by atoms with van der Waals surface area (Å²) in [6.45, 7) is 5.08. The minimum Gasteiger partial charge on any atom is -0.383 e. The van der Waals surface area contributed by atoms with E-state index >= 15 is 0 Å². The molecule has 0 aliphatic carbocycles. The fourth-order valence-electron chi connectivity index (χ4n) is 3.36. The van der Waals surface area contributed by atoms with Crippen LogP contribution in [-0.2, 0) is 14.3 Å². The molecule has 2 saturated heterocycles. The maximum absolute atomic E-state index is 12.9. The number of ether oxygens (including phenoxy) is 2. The largest absolute Gasteiger partial charge is 0.383 e. The van der Waals surface area contributed by atoms with Crippen LogP contribution in [0, 0.1) is 0 Å². The molecule has 0 N–H and O–H groups in total. The minimum absolute atomic E-state index is 0.0461. The Morgan fingerprint density at radius 1 is 0.909 bits per heavy atom. The summed E-state index contributed by atoms with van der Waals surface area (Å²) in [4.78, 5) is 29.8. The molecule has 7 nitrogen and oxygen atoms in total. The smallest absolute Gasteiger partial charge is 0.320 e. The second-order valence-corrected chi connectivity index (χ2v) is 5.98. The minimum atomic E-state index is 0.0461. The number of piperazine rings is 1. The van der Waals surface area contributed by atoms with E-state index < -0.39 is 0 Å². The molecule has 2 aliphatic rings. The van der Waals surface area contributed by atoms with E-state index in [0.29, 0.717) is 39.4 Å². The van der Waals surface area contributed by atoms with Gasteiger partial charge in [-0.25, -0.2) is 4.79 Å². The number of hydrogen-bond acceptors (Lipinski definition) is 4. The van der Waals surface area contributed by atoms with Crippen LogP contribution in [0.4, 0.5) is 4.79 Å². The fourth-order valence-corrected chi connectivity index (χ4v) is 3.36. The molecule has 2 rings (SSSR count). The van der Waals surface area contributed by atoms with Crippen molar-refractivity contribution in [2.45, 2.75) is 31.8 Å². The van der Waals surface area contributed by atoms with Crippen molar-refractivity contribution in [1.29, 1.82) is 0 Å². The Morgan fingerprint density at radius 3 is 1.77 bits per heavy atom. The molecular weight excluding hydrogens is 286 g/mol. The van der Waals surface area contributed by atoms with Crippen molar-refractivity contribution in [3.63, 3.8) is 0 Å². The SMILES string of the molecule is COC[C@@H]1CC[C@@H](COC)N1C(=O)N1CCN(C(C)=O)CC1. The quantitative estimate of drug-likeness (QED) is 0.753. The number of methoxy groups -OCH3 is 2. The summed E-state index contributed by atoms with van der Waals surface area (Å²) < 4.78 is 10.5. The molecule has 0 saturated carbocycles. The lowest BCUT2D eigenvalue weighted by Gasteiger charge is -2.39. The van der Waals surface area contributed by atoms with Crippen molar-refractivity contribution >= 4 is 11.9 Å². The summed E-state index contributed by atoms with van der Waals surface area (Å²) in [6.07, 6.45) is 1.89. The molecule has 0 unspecified atom stereocenters. The lowest BCUT2D eigenvalue weighted by molar-refractivity contribution is -0.130. The van der Waals surface area contributed by atoms with Gasteiger partial charge in [0.15, 0.2) is 0 Å². The van der Waals surface area contributed by atoms with Crippen LogP contribution in [0.3, 0.4) is 0 Å². The van der Waals surface area contributed by atoms with Gasteiger partial charge < -0.3 is 24.2 Å². The zero-order valence-electron chi connectivity index (χ0n) is 13.8. The summed E-state index contributed by atoms with van der Waals surface area (Å²) >= 11 is 0. The first-order valence-corrected chi connectivity index (χ1v) is 7.89. The van der Waals surface area contributed by atoms with Gasteiger partial charge in [-0.3, -0.25) is 4.79 Å². The average molecular weight is 313 g/mol. The molecule has 3 amide bonds. The van der Waals surface area contributed by atoms with Gasteiger partial charge >= 0.3 is 6.03 Å². The van der Waals surface area contributed by atoms with Gasteiger partial charge in [-0.2, -0.15) is 0 Å². The Balaban J connectivity index is 2.00. The molecule has 0 bridgehead atoms. The van der Waals surface area contributed by atoms with Crippen molar-refractivity contribution in [1.82, 2.24) is 14.7 Å². The highest BCUT2D eigenvalue weighted by atomic mass is 16.5. The summed E-state index contributed by atoms with van der Waals surface area (Å²) in [6, 6.07) is 0.275. The molecule has 2 fully saturated rings. The van der Waals surface area contributed by atoms with Gasteiger partial charge in [0.1, 0.15) is 0 Å². The number of likely N-dealkylation sites (tertiary alicyclic amines) is 1.